The molecule has 20 heavy (non-hydrogen) atoms. The Kier molecular flexibility index (Phi) is 3.87. The first kappa shape index (κ1) is 13.0. The fourth-order valence-electron chi connectivity index (χ4n) is 2.00. The van der Waals surface area contributed by atoms with Crippen molar-refractivity contribution in [1.82, 2.24) is 9.78 Å². The molecule has 0 aliphatic heterocycles. The summed E-state index contributed by atoms with van der Waals surface area (Å²) in [5.41, 5.74) is 2.28. The van der Waals surface area contributed by atoms with E-state index in [0.29, 0.717) is 6.54 Å². The molecule has 0 amide bonds. The summed E-state index contributed by atoms with van der Waals surface area (Å²) < 4.78 is 8.12. The van der Waals surface area contributed by atoms with Gasteiger partial charge in [0.15, 0.2) is 4.67 Å². The number of nitrogens with one attached hydrogen (secondary N) is 1. The van der Waals surface area contributed by atoms with Gasteiger partial charge in [-0.25, -0.2) is 0 Å². The van der Waals surface area contributed by atoms with Crippen molar-refractivity contribution in [2.75, 3.05) is 5.32 Å². The zero-order chi connectivity index (χ0) is 13.8. The second-order valence-electron chi connectivity index (χ2n) is 4.46. The normalized spacial score (nSPS) is 10.7. The van der Waals surface area contributed by atoms with Crippen molar-refractivity contribution in [2.45, 2.75) is 13.1 Å². The lowest BCUT2D eigenvalue weighted by atomic mass is 10.2. The van der Waals surface area contributed by atoms with Crippen LogP contribution in [0.4, 0.5) is 5.69 Å². The number of hydrogen-bond donors (Lipinski definition) is 1. The van der Waals surface area contributed by atoms with Crippen molar-refractivity contribution in [2.24, 2.45) is 0 Å². The fourth-order valence-corrected chi connectivity index (χ4v) is 2.34. The Labute approximate surface area is 125 Å². The van der Waals surface area contributed by atoms with E-state index in [-0.39, 0.29) is 0 Å². The van der Waals surface area contributed by atoms with Crippen LogP contribution in [-0.4, -0.2) is 9.78 Å². The molecule has 3 rings (SSSR count). The summed E-state index contributed by atoms with van der Waals surface area (Å²) in [4.78, 5) is 0. The molecule has 1 N–H and O–H groups in total. The Morgan fingerprint density at radius 2 is 2.15 bits per heavy atom. The van der Waals surface area contributed by atoms with E-state index in [0.717, 1.165) is 22.7 Å². The SMILES string of the molecule is Brc1ccc(CNc2cccc(Cn3cccn3)c2)o1. The van der Waals surface area contributed by atoms with E-state index >= 15 is 0 Å². The van der Waals surface area contributed by atoms with Crippen LogP contribution in [0.5, 0.6) is 0 Å². The molecule has 5 heteroatoms. The molecule has 2 heterocycles. The van der Waals surface area contributed by atoms with Crippen molar-refractivity contribution in [3.05, 3.63) is 70.9 Å². The van der Waals surface area contributed by atoms with E-state index in [2.05, 4.69) is 38.5 Å². The van der Waals surface area contributed by atoms with Crippen molar-refractivity contribution in [1.29, 1.82) is 0 Å². The van der Waals surface area contributed by atoms with Gasteiger partial charge in [-0.1, -0.05) is 12.1 Å². The van der Waals surface area contributed by atoms with Gasteiger partial charge in [0.2, 0.25) is 0 Å². The Bertz CT molecular complexity index is 676. The van der Waals surface area contributed by atoms with Crippen molar-refractivity contribution in [3.63, 3.8) is 0 Å². The first-order chi connectivity index (χ1) is 9.79. The average Bonchev–Trinajstić information content (AvgIpc) is 3.09. The number of benzene rings is 1. The van der Waals surface area contributed by atoms with Gasteiger partial charge < -0.3 is 9.73 Å². The lowest BCUT2D eigenvalue weighted by Gasteiger charge is -2.07. The molecule has 0 aliphatic carbocycles. The zero-order valence-corrected chi connectivity index (χ0v) is 12.4. The maximum absolute atomic E-state index is 5.46. The molecule has 102 valence electrons. The van der Waals surface area contributed by atoms with Gasteiger partial charge in [0, 0.05) is 18.1 Å². The van der Waals surface area contributed by atoms with Crippen molar-refractivity contribution < 1.29 is 4.42 Å². The molecule has 0 unspecified atom stereocenters. The summed E-state index contributed by atoms with van der Waals surface area (Å²) in [5, 5.41) is 7.56. The highest BCUT2D eigenvalue weighted by atomic mass is 79.9. The number of halogens is 1. The van der Waals surface area contributed by atoms with Crippen LogP contribution in [0.15, 0.2) is 63.9 Å². The Hall–Kier alpha value is -2.01. The molecule has 1 aromatic carbocycles. The molecule has 3 aromatic rings. The summed E-state index contributed by atoms with van der Waals surface area (Å²) in [6.45, 7) is 1.44. The maximum Gasteiger partial charge on any atom is 0.169 e. The minimum Gasteiger partial charge on any atom is -0.452 e. The van der Waals surface area contributed by atoms with E-state index in [1.807, 2.05) is 41.2 Å². The topological polar surface area (TPSA) is 43.0 Å². The molecule has 4 nitrogen and oxygen atoms in total. The van der Waals surface area contributed by atoms with Gasteiger partial charge in [-0.05, 0) is 51.8 Å². The van der Waals surface area contributed by atoms with E-state index in [9.17, 15) is 0 Å². The lowest BCUT2D eigenvalue weighted by Crippen LogP contribution is -2.02. The summed E-state index contributed by atoms with van der Waals surface area (Å²) in [5.74, 6) is 0.898. The van der Waals surface area contributed by atoms with Gasteiger partial charge in [-0.3, -0.25) is 4.68 Å². The first-order valence-electron chi connectivity index (χ1n) is 6.34. The lowest BCUT2D eigenvalue weighted by molar-refractivity contribution is 0.495. The molecule has 2 aromatic heterocycles. The molecule has 0 fully saturated rings. The number of anilines is 1. The van der Waals surface area contributed by atoms with Crippen LogP contribution in [0.25, 0.3) is 0 Å². The zero-order valence-electron chi connectivity index (χ0n) is 10.8. The summed E-state index contributed by atoms with van der Waals surface area (Å²) >= 11 is 3.30. The Morgan fingerprint density at radius 3 is 2.90 bits per heavy atom. The van der Waals surface area contributed by atoms with Gasteiger partial charge in [-0.15, -0.1) is 0 Å². The molecule has 0 spiro atoms. The van der Waals surface area contributed by atoms with Crippen LogP contribution < -0.4 is 5.32 Å². The standard InChI is InChI=1S/C15H14BrN3O/c16-15-6-5-14(20-15)10-17-13-4-1-3-12(9-13)11-19-8-2-7-18-19/h1-9,17H,10-11H2. The van der Waals surface area contributed by atoms with Gasteiger partial charge in [0.1, 0.15) is 5.76 Å². The van der Waals surface area contributed by atoms with Crippen LogP contribution >= 0.6 is 15.9 Å². The summed E-state index contributed by atoms with van der Waals surface area (Å²) in [6.07, 6.45) is 3.75. The molecular weight excluding hydrogens is 318 g/mol. The fraction of sp³-hybridized carbons (Fsp3) is 0.133. The van der Waals surface area contributed by atoms with Gasteiger partial charge >= 0.3 is 0 Å². The van der Waals surface area contributed by atoms with Crippen LogP contribution in [0.2, 0.25) is 0 Å². The number of nitrogens with zero attached hydrogens (tertiary/aromatic N) is 2. The molecule has 0 bridgehead atoms. The molecule has 0 radical (unpaired) electrons. The third kappa shape index (κ3) is 3.30. The first-order valence-corrected chi connectivity index (χ1v) is 7.13. The highest BCUT2D eigenvalue weighted by Crippen LogP contribution is 2.17. The molecular formula is C15H14BrN3O. The second-order valence-corrected chi connectivity index (χ2v) is 5.24. The van der Waals surface area contributed by atoms with Gasteiger partial charge in [-0.2, -0.15) is 5.10 Å². The van der Waals surface area contributed by atoms with Crippen LogP contribution in [-0.2, 0) is 13.1 Å². The smallest absolute Gasteiger partial charge is 0.169 e. The Balaban J connectivity index is 1.65. The third-order valence-corrected chi connectivity index (χ3v) is 3.35. The number of hydrogen-bond acceptors (Lipinski definition) is 3. The molecule has 0 saturated heterocycles. The predicted octanol–water partition coefficient (Wildman–Crippen LogP) is 3.90. The van der Waals surface area contributed by atoms with Crippen LogP contribution in [0.1, 0.15) is 11.3 Å². The van der Waals surface area contributed by atoms with Crippen LogP contribution in [0.3, 0.4) is 0 Å². The Morgan fingerprint density at radius 1 is 1.20 bits per heavy atom. The van der Waals surface area contributed by atoms with Crippen molar-refractivity contribution in [3.8, 4) is 0 Å². The maximum atomic E-state index is 5.46. The van der Waals surface area contributed by atoms with Crippen molar-refractivity contribution >= 4 is 21.6 Å². The van der Waals surface area contributed by atoms with Gasteiger partial charge in [0.05, 0.1) is 13.1 Å². The highest BCUT2D eigenvalue weighted by Gasteiger charge is 2.01. The number of furan rings is 1. The quantitative estimate of drug-likeness (QED) is 0.771. The molecule has 0 aliphatic rings. The predicted molar refractivity (Wildman–Crippen MR) is 81.5 cm³/mol. The van der Waals surface area contributed by atoms with Gasteiger partial charge in [0.25, 0.3) is 0 Å². The molecule has 0 atom stereocenters. The number of aromatic nitrogens is 2. The summed E-state index contributed by atoms with van der Waals surface area (Å²) in [7, 11) is 0. The average molecular weight is 332 g/mol. The van der Waals surface area contributed by atoms with E-state index < -0.39 is 0 Å². The second kappa shape index (κ2) is 5.96. The summed E-state index contributed by atoms with van der Waals surface area (Å²) in [6, 6.07) is 14.1. The van der Waals surface area contributed by atoms with E-state index in [1.54, 1.807) is 6.20 Å². The molecule has 0 saturated carbocycles. The van der Waals surface area contributed by atoms with Crippen LogP contribution in [0, 0.1) is 0 Å². The third-order valence-electron chi connectivity index (χ3n) is 2.93. The van der Waals surface area contributed by atoms with E-state index in [1.165, 1.54) is 5.56 Å². The minimum absolute atomic E-state index is 0.664. The largest absolute Gasteiger partial charge is 0.452 e. The monoisotopic (exact) mass is 331 g/mol. The van der Waals surface area contributed by atoms with E-state index in [4.69, 9.17) is 4.42 Å². The number of rotatable bonds is 5. The highest BCUT2D eigenvalue weighted by molar-refractivity contribution is 9.10. The minimum atomic E-state index is 0.664.